The normalized spacial score (nSPS) is 15.8. The molecule has 164 valence electrons. The van der Waals surface area contributed by atoms with Crippen molar-refractivity contribution in [2.75, 3.05) is 5.75 Å². The highest BCUT2D eigenvalue weighted by atomic mass is 35.5. The minimum Gasteiger partial charge on any atom is -0.351 e. The third kappa shape index (κ3) is 5.16. The van der Waals surface area contributed by atoms with Gasteiger partial charge in [-0.3, -0.25) is 9.36 Å². The number of thiophene rings is 1. The van der Waals surface area contributed by atoms with Crippen LogP contribution >= 0.6 is 34.7 Å². The second kappa shape index (κ2) is 9.76. The standard InChI is InChI=1S/C23H27ClN4OS2/c1-14(2)28-22(19-12-30-20-10-15(3)4-9-18(19)20)26-27-23(28)31-13-21(29)25-11-16-5-7-17(24)8-6-16/h5-8,12,14-15H,4,9-11,13H2,1-3H3,(H,25,29). The van der Waals surface area contributed by atoms with Gasteiger partial charge in [-0.05, 0) is 62.3 Å². The third-order valence-electron chi connectivity index (χ3n) is 5.56. The van der Waals surface area contributed by atoms with Gasteiger partial charge >= 0.3 is 0 Å². The first kappa shape index (κ1) is 22.4. The molecule has 1 atom stereocenters. The molecule has 1 aromatic carbocycles. The number of halogens is 1. The molecule has 3 aromatic rings. The van der Waals surface area contributed by atoms with Gasteiger partial charge in [-0.25, -0.2) is 0 Å². The maximum atomic E-state index is 12.4. The van der Waals surface area contributed by atoms with Gasteiger partial charge < -0.3 is 5.32 Å². The lowest BCUT2D eigenvalue weighted by Crippen LogP contribution is -2.24. The van der Waals surface area contributed by atoms with E-state index in [0.29, 0.717) is 17.3 Å². The summed E-state index contributed by atoms with van der Waals surface area (Å²) in [5.41, 5.74) is 3.67. The minimum absolute atomic E-state index is 0.0262. The number of amides is 1. The highest BCUT2D eigenvalue weighted by Crippen LogP contribution is 2.39. The zero-order valence-electron chi connectivity index (χ0n) is 18.0. The highest BCUT2D eigenvalue weighted by molar-refractivity contribution is 7.99. The fraction of sp³-hybridized carbons (Fsp3) is 0.435. The van der Waals surface area contributed by atoms with Gasteiger partial charge in [-0.1, -0.05) is 42.4 Å². The number of hydrogen-bond acceptors (Lipinski definition) is 5. The lowest BCUT2D eigenvalue weighted by atomic mass is 9.88. The molecular weight excluding hydrogens is 448 g/mol. The summed E-state index contributed by atoms with van der Waals surface area (Å²) < 4.78 is 2.16. The zero-order valence-corrected chi connectivity index (χ0v) is 20.4. The van der Waals surface area contributed by atoms with E-state index >= 15 is 0 Å². The molecule has 2 aromatic heterocycles. The van der Waals surface area contributed by atoms with Crippen molar-refractivity contribution >= 4 is 40.6 Å². The Morgan fingerprint density at radius 3 is 2.84 bits per heavy atom. The number of nitrogens with one attached hydrogen (secondary N) is 1. The quantitative estimate of drug-likeness (QED) is 0.441. The Balaban J connectivity index is 1.44. The Hall–Kier alpha value is -1.83. The van der Waals surface area contributed by atoms with E-state index in [9.17, 15) is 4.79 Å². The molecule has 0 bridgehead atoms. The molecule has 0 saturated carbocycles. The van der Waals surface area contributed by atoms with E-state index in [1.807, 2.05) is 35.6 Å². The molecule has 0 aliphatic heterocycles. The van der Waals surface area contributed by atoms with Gasteiger partial charge in [-0.15, -0.1) is 21.5 Å². The monoisotopic (exact) mass is 474 g/mol. The van der Waals surface area contributed by atoms with Crippen molar-refractivity contribution in [1.29, 1.82) is 0 Å². The Kier molecular flexibility index (Phi) is 7.04. The van der Waals surface area contributed by atoms with E-state index in [-0.39, 0.29) is 11.9 Å². The van der Waals surface area contributed by atoms with Crippen LogP contribution in [0.1, 0.15) is 49.2 Å². The van der Waals surface area contributed by atoms with Gasteiger partial charge in [0.05, 0.1) is 5.75 Å². The zero-order chi connectivity index (χ0) is 22.0. The molecule has 0 radical (unpaired) electrons. The number of carbonyl (C=O) groups is 1. The van der Waals surface area contributed by atoms with E-state index in [2.05, 4.69) is 46.2 Å². The van der Waals surface area contributed by atoms with Crippen molar-refractivity contribution in [1.82, 2.24) is 20.1 Å². The van der Waals surface area contributed by atoms with Crippen LogP contribution in [0.5, 0.6) is 0 Å². The minimum atomic E-state index is -0.0262. The summed E-state index contributed by atoms with van der Waals surface area (Å²) in [4.78, 5) is 13.9. The summed E-state index contributed by atoms with van der Waals surface area (Å²) in [6, 6.07) is 7.70. The molecule has 31 heavy (non-hydrogen) atoms. The summed E-state index contributed by atoms with van der Waals surface area (Å²) in [5.74, 6) is 1.95. The molecule has 1 amide bonds. The molecule has 1 aliphatic carbocycles. The molecule has 2 heterocycles. The van der Waals surface area contributed by atoms with Crippen LogP contribution in [-0.2, 0) is 24.2 Å². The van der Waals surface area contributed by atoms with Gasteiger partial charge in [0.25, 0.3) is 0 Å². The number of thioether (sulfide) groups is 1. The van der Waals surface area contributed by atoms with Crippen LogP contribution in [0, 0.1) is 5.92 Å². The fourth-order valence-corrected chi connectivity index (χ4v) is 6.14. The average molecular weight is 475 g/mol. The number of nitrogens with zero attached hydrogens (tertiary/aromatic N) is 3. The summed E-state index contributed by atoms with van der Waals surface area (Å²) >= 11 is 9.19. The van der Waals surface area contributed by atoms with E-state index in [0.717, 1.165) is 35.3 Å². The Bertz CT molecular complexity index is 1060. The van der Waals surface area contributed by atoms with Crippen LogP contribution in [0.25, 0.3) is 11.4 Å². The average Bonchev–Trinajstić information content (AvgIpc) is 3.35. The van der Waals surface area contributed by atoms with Crippen molar-refractivity contribution in [3.63, 3.8) is 0 Å². The highest BCUT2D eigenvalue weighted by Gasteiger charge is 2.25. The van der Waals surface area contributed by atoms with Crippen LogP contribution in [0.15, 0.2) is 34.8 Å². The van der Waals surface area contributed by atoms with E-state index in [1.165, 1.54) is 34.2 Å². The maximum absolute atomic E-state index is 12.4. The predicted molar refractivity (Wildman–Crippen MR) is 129 cm³/mol. The molecule has 8 heteroatoms. The SMILES string of the molecule is CC1CCc2c(-c3nnc(SCC(=O)NCc4ccc(Cl)cc4)n3C(C)C)csc2C1. The molecule has 5 nitrogen and oxygen atoms in total. The summed E-state index contributed by atoms with van der Waals surface area (Å²) in [5, 5.41) is 15.7. The predicted octanol–water partition coefficient (Wildman–Crippen LogP) is 5.77. The topological polar surface area (TPSA) is 59.8 Å². The van der Waals surface area contributed by atoms with Crippen LogP contribution in [-0.4, -0.2) is 26.4 Å². The number of carbonyl (C=O) groups excluding carboxylic acids is 1. The number of benzene rings is 1. The fourth-order valence-electron chi connectivity index (χ4n) is 3.87. The Labute approximate surface area is 196 Å². The molecule has 0 saturated heterocycles. The summed E-state index contributed by atoms with van der Waals surface area (Å²) in [6.07, 6.45) is 3.49. The van der Waals surface area contributed by atoms with Crippen molar-refractivity contribution in [3.05, 3.63) is 50.7 Å². The number of hydrogen-bond donors (Lipinski definition) is 1. The van der Waals surface area contributed by atoms with Crippen LogP contribution in [0.2, 0.25) is 5.02 Å². The van der Waals surface area contributed by atoms with Crippen LogP contribution in [0.4, 0.5) is 0 Å². The van der Waals surface area contributed by atoms with Gasteiger partial charge in [0.15, 0.2) is 11.0 Å². The van der Waals surface area contributed by atoms with Crippen molar-refractivity contribution in [2.45, 2.75) is 57.8 Å². The second-order valence-electron chi connectivity index (χ2n) is 8.36. The molecule has 1 aliphatic rings. The smallest absolute Gasteiger partial charge is 0.230 e. The van der Waals surface area contributed by atoms with E-state index in [1.54, 1.807) is 0 Å². The number of rotatable bonds is 7. The number of fused-ring (bicyclic) bond motifs is 1. The van der Waals surface area contributed by atoms with E-state index < -0.39 is 0 Å². The lowest BCUT2D eigenvalue weighted by Gasteiger charge is -2.19. The van der Waals surface area contributed by atoms with Crippen molar-refractivity contribution in [3.8, 4) is 11.4 Å². The number of aromatic nitrogens is 3. The summed E-state index contributed by atoms with van der Waals surface area (Å²) in [6.45, 7) is 7.08. The molecule has 1 unspecified atom stereocenters. The molecule has 0 fully saturated rings. The molecular formula is C23H27ClN4OS2. The Morgan fingerprint density at radius 2 is 2.10 bits per heavy atom. The Morgan fingerprint density at radius 1 is 1.32 bits per heavy atom. The molecule has 1 N–H and O–H groups in total. The third-order valence-corrected chi connectivity index (χ3v) is 7.81. The van der Waals surface area contributed by atoms with Crippen LogP contribution < -0.4 is 5.32 Å². The first-order chi connectivity index (χ1) is 14.9. The lowest BCUT2D eigenvalue weighted by molar-refractivity contribution is -0.118. The second-order valence-corrected chi connectivity index (χ2v) is 10.7. The van der Waals surface area contributed by atoms with Gasteiger partial charge in [0.1, 0.15) is 0 Å². The van der Waals surface area contributed by atoms with Gasteiger partial charge in [-0.2, -0.15) is 0 Å². The van der Waals surface area contributed by atoms with Gasteiger partial charge in [0.2, 0.25) is 5.91 Å². The van der Waals surface area contributed by atoms with Crippen molar-refractivity contribution in [2.24, 2.45) is 5.92 Å². The largest absolute Gasteiger partial charge is 0.351 e. The van der Waals surface area contributed by atoms with Crippen molar-refractivity contribution < 1.29 is 4.79 Å². The molecule has 4 rings (SSSR count). The first-order valence-corrected chi connectivity index (χ1v) is 12.8. The maximum Gasteiger partial charge on any atom is 0.230 e. The van der Waals surface area contributed by atoms with Gasteiger partial charge in [0, 0.05) is 33.4 Å². The van der Waals surface area contributed by atoms with E-state index in [4.69, 9.17) is 11.6 Å². The first-order valence-electron chi connectivity index (χ1n) is 10.6. The molecule has 0 spiro atoms. The van der Waals surface area contributed by atoms with Crippen LogP contribution in [0.3, 0.4) is 0 Å². The summed E-state index contributed by atoms with van der Waals surface area (Å²) in [7, 11) is 0.